The molecule has 1 aliphatic rings. The first-order valence-corrected chi connectivity index (χ1v) is 7.70. The molecule has 1 aromatic carbocycles. The number of halogens is 1. The molecule has 0 saturated carbocycles. The van der Waals surface area contributed by atoms with Crippen LogP contribution < -0.4 is 10.6 Å². The van der Waals surface area contributed by atoms with Crippen molar-refractivity contribution in [1.82, 2.24) is 19.8 Å². The Morgan fingerprint density at radius 2 is 2.33 bits per heavy atom. The summed E-state index contributed by atoms with van der Waals surface area (Å²) < 4.78 is 3.72. The number of amides is 2. The third-order valence-electron chi connectivity index (χ3n) is 3.33. The van der Waals surface area contributed by atoms with E-state index in [0.29, 0.717) is 23.1 Å². The maximum atomic E-state index is 12.2. The number of carbonyl (C=O) groups is 1. The summed E-state index contributed by atoms with van der Waals surface area (Å²) in [5.41, 5.74) is 1.01. The van der Waals surface area contributed by atoms with Crippen LogP contribution in [0.4, 0.5) is 9.80 Å². The Morgan fingerprint density at radius 1 is 1.48 bits per heavy atom. The minimum atomic E-state index is -0.139. The average Bonchev–Trinajstić information content (AvgIpc) is 3.01. The maximum absolute atomic E-state index is 12.2. The van der Waals surface area contributed by atoms with Gasteiger partial charge in [0.1, 0.15) is 5.00 Å². The number of hydrogen-bond donors (Lipinski definition) is 2. The van der Waals surface area contributed by atoms with E-state index in [2.05, 4.69) is 20.2 Å². The van der Waals surface area contributed by atoms with Gasteiger partial charge in [-0.3, -0.25) is 5.32 Å². The number of piperazine rings is 1. The Morgan fingerprint density at radius 3 is 3.10 bits per heavy atom. The van der Waals surface area contributed by atoms with Crippen molar-refractivity contribution in [2.45, 2.75) is 6.04 Å². The van der Waals surface area contributed by atoms with Gasteiger partial charge in [-0.15, -0.1) is 5.10 Å². The number of nitrogens with zero attached hydrogens (tertiary/aromatic N) is 3. The quantitative estimate of drug-likeness (QED) is 0.890. The highest BCUT2D eigenvalue weighted by Crippen LogP contribution is 2.25. The van der Waals surface area contributed by atoms with Crippen molar-refractivity contribution < 1.29 is 4.79 Å². The van der Waals surface area contributed by atoms with E-state index in [4.69, 9.17) is 11.6 Å². The molecule has 2 amide bonds. The van der Waals surface area contributed by atoms with E-state index in [1.165, 1.54) is 6.20 Å². The molecule has 8 heteroatoms. The van der Waals surface area contributed by atoms with Crippen LogP contribution in [0.15, 0.2) is 30.5 Å². The zero-order chi connectivity index (χ0) is 14.7. The first-order valence-electron chi connectivity index (χ1n) is 6.55. The summed E-state index contributed by atoms with van der Waals surface area (Å²) in [5.74, 6) is 0. The highest BCUT2D eigenvalue weighted by molar-refractivity contribution is 7.10. The van der Waals surface area contributed by atoms with Gasteiger partial charge in [-0.1, -0.05) is 34.3 Å². The second-order valence-electron chi connectivity index (χ2n) is 4.69. The summed E-state index contributed by atoms with van der Waals surface area (Å²) in [6, 6.07) is 7.59. The van der Waals surface area contributed by atoms with E-state index in [1.807, 2.05) is 24.3 Å². The molecule has 0 radical (unpaired) electrons. The van der Waals surface area contributed by atoms with Crippen LogP contribution in [-0.4, -0.2) is 40.2 Å². The van der Waals surface area contributed by atoms with Gasteiger partial charge in [-0.25, -0.2) is 4.79 Å². The Labute approximate surface area is 131 Å². The Kier molecular flexibility index (Phi) is 4.33. The third-order valence-corrected chi connectivity index (χ3v) is 4.26. The lowest BCUT2D eigenvalue weighted by Crippen LogP contribution is -2.49. The molecule has 1 atom stereocenters. The van der Waals surface area contributed by atoms with Crippen molar-refractivity contribution in [1.29, 1.82) is 0 Å². The van der Waals surface area contributed by atoms with Gasteiger partial charge in [-0.2, -0.15) is 0 Å². The summed E-state index contributed by atoms with van der Waals surface area (Å²) in [4.78, 5) is 14.0. The Balaban J connectivity index is 1.68. The number of rotatable bonds is 2. The molecular formula is C13H14ClN5OS. The van der Waals surface area contributed by atoms with E-state index >= 15 is 0 Å². The number of hydrogen-bond acceptors (Lipinski definition) is 5. The molecule has 0 spiro atoms. The van der Waals surface area contributed by atoms with Crippen molar-refractivity contribution in [3.8, 4) is 0 Å². The Hall–Kier alpha value is -1.70. The fraction of sp³-hybridized carbons (Fsp3) is 0.308. The van der Waals surface area contributed by atoms with E-state index in [1.54, 1.807) is 4.90 Å². The maximum Gasteiger partial charge on any atom is 0.322 e. The molecule has 21 heavy (non-hydrogen) atoms. The molecule has 3 rings (SSSR count). The highest BCUT2D eigenvalue weighted by Gasteiger charge is 2.25. The monoisotopic (exact) mass is 323 g/mol. The van der Waals surface area contributed by atoms with Gasteiger partial charge >= 0.3 is 6.03 Å². The largest absolute Gasteiger partial charge is 0.322 e. The number of anilines is 1. The van der Waals surface area contributed by atoms with Crippen molar-refractivity contribution in [3.05, 3.63) is 41.0 Å². The topological polar surface area (TPSA) is 70.2 Å². The number of nitrogens with one attached hydrogen (secondary N) is 2. The van der Waals surface area contributed by atoms with Gasteiger partial charge in [0.2, 0.25) is 0 Å². The van der Waals surface area contributed by atoms with Crippen LogP contribution in [0.3, 0.4) is 0 Å². The zero-order valence-corrected chi connectivity index (χ0v) is 12.7. The summed E-state index contributed by atoms with van der Waals surface area (Å²) in [6.07, 6.45) is 1.54. The molecule has 2 aromatic rings. The average molecular weight is 324 g/mol. The van der Waals surface area contributed by atoms with Crippen LogP contribution in [0.25, 0.3) is 0 Å². The van der Waals surface area contributed by atoms with Crippen molar-refractivity contribution in [3.63, 3.8) is 0 Å². The van der Waals surface area contributed by atoms with Gasteiger partial charge < -0.3 is 10.2 Å². The van der Waals surface area contributed by atoms with Gasteiger partial charge in [0.25, 0.3) is 0 Å². The minimum absolute atomic E-state index is 0.0396. The molecule has 0 aliphatic carbocycles. The first kappa shape index (κ1) is 14.2. The fourth-order valence-electron chi connectivity index (χ4n) is 2.31. The molecule has 110 valence electrons. The van der Waals surface area contributed by atoms with E-state index < -0.39 is 0 Å². The van der Waals surface area contributed by atoms with Crippen LogP contribution in [-0.2, 0) is 0 Å². The zero-order valence-electron chi connectivity index (χ0n) is 11.1. The number of urea groups is 1. The van der Waals surface area contributed by atoms with Gasteiger partial charge in [0, 0.05) is 36.2 Å². The van der Waals surface area contributed by atoms with Crippen molar-refractivity contribution in [2.24, 2.45) is 0 Å². The second-order valence-corrected chi connectivity index (χ2v) is 5.88. The molecule has 1 aromatic heterocycles. The normalized spacial score (nSPS) is 18.5. The lowest BCUT2D eigenvalue weighted by Gasteiger charge is -2.34. The molecule has 1 fully saturated rings. The summed E-state index contributed by atoms with van der Waals surface area (Å²) in [7, 11) is 0. The van der Waals surface area contributed by atoms with Crippen LogP contribution in [0.2, 0.25) is 5.02 Å². The number of carbonyl (C=O) groups excluding carboxylic acids is 1. The lowest BCUT2D eigenvalue weighted by molar-refractivity contribution is 0.190. The van der Waals surface area contributed by atoms with Crippen molar-refractivity contribution in [2.75, 3.05) is 25.0 Å². The first-order chi connectivity index (χ1) is 10.2. The minimum Gasteiger partial charge on any atom is -0.321 e. The molecule has 2 heterocycles. The summed E-state index contributed by atoms with van der Waals surface area (Å²) in [5, 5.41) is 11.2. The van der Waals surface area contributed by atoms with Crippen LogP contribution in [0.5, 0.6) is 0 Å². The van der Waals surface area contributed by atoms with Crippen molar-refractivity contribution >= 4 is 34.2 Å². The molecule has 6 nitrogen and oxygen atoms in total. The second kappa shape index (κ2) is 6.38. The molecule has 1 unspecified atom stereocenters. The standard InChI is InChI=1S/C13H14ClN5OS/c14-10-4-2-1-3-9(10)11-8-19(6-5-15-11)13(20)17-12-7-16-18-21-12/h1-4,7,11,15H,5-6,8H2,(H,17,20). The van der Waals surface area contributed by atoms with E-state index in [0.717, 1.165) is 23.6 Å². The van der Waals surface area contributed by atoms with Crippen LogP contribution in [0, 0.1) is 0 Å². The Bertz CT molecular complexity index is 621. The summed E-state index contributed by atoms with van der Waals surface area (Å²) in [6.45, 7) is 1.95. The van der Waals surface area contributed by atoms with E-state index in [-0.39, 0.29) is 12.1 Å². The highest BCUT2D eigenvalue weighted by atomic mass is 35.5. The SMILES string of the molecule is O=C(Nc1cnns1)N1CCNC(c2ccccc2Cl)C1. The molecule has 2 N–H and O–H groups in total. The smallest absolute Gasteiger partial charge is 0.321 e. The number of aromatic nitrogens is 2. The molecule has 1 aliphatic heterocycles. The van der Waals surface area contributed by atoms with Gasteiger partial charge in [0.15, 0.2) is 0 Å². The van der Waals surface area contributed by atoms with Crippen LogP contribution in [0.1, 0.15) is 11.6 Å². The number of benzene rings is 1. The molecule has 1 saturated heterocycles. The fourth-order valence-corrected chi connectivity index (χ4v) is 2.98. The van der Waals surface area contributed by atoms with E-state index in [9.17, 15) is 4.79 Å². The molecular weight excluding hydrogens is 310 g/mol. The third kappa shape index (κ3) is 3.31. The predicted octanol–water partition coefficient (Wildman–Crippen LogP) is 2.37. The summed E-state index contributed by atoms with van der Waals surface area (Å²) >= 11 is 7.38. The molecule has 0 bridgehead atoms. The van der Waals surface area contributed by atoms with Gasteiger partial charge in [0.05, 0.1) is 12.2 Å². The predicted molar refractivity (Wildman–Crippen MR) is 82.7 cm³/mol. The van der Waals surface area contributed by atoms with Crippen LogP contribution >= 0.6 is 23.1 Å². The lowest BCUT2D eigenvalue weighted by atomic mass is 10.0. The van der Waals surface area contributed by atoms with Gasteiger partial charge in [-0.05, 0) is 11.6 Å².